The molecule has 0 aromatic carbocycles. The second kappa shape index (κ2) is 6.74. The van der Waals surface area contributed by atoms with E-state index >= 15 is 0 Å². The molecule has 1 aliphatic heterocycles. The van der Waals surface area contributed by atoms with Crippen molar-refractivity contribution < 1.29 is 9.59 Å². The third kappa shape index (κ3) is 3.83. The fourth-order valence-corrected chi connectivity index (χ4v) is 2.74. The summed E-state index contributed by atoms with van der Waals surface area (Å²) in [4.78, 5) is 35.2. The molecule has 2 heterocycles. The number of rotatable bonds is 4. The molecule has 6 nitrogen and oxygen atoms in total. The maximum atomic E-state index is 12.5. The molecule has 1 unspecified atom stereocenters. The van der Waals surface area contributed by atoms with E-state index in [1.807, 2.05) is 18.7 Å². The van der Waals surface area contributed by atoms with Crippen LogP contribution in [0.4, 0.5) is 0 Å². The lowest BCUT2D eigenvalue weighted by Crippen LogP contribution is -2.46. The minimum atomic E-state index is -0.0959. The lowest BCUT2D eigenvalue weighted by Gasteiger charge is -2.34. The van der Waals surface area contributed by atoms with Gasteiger partial charge >= 0.3 is 0 Å². The number of nitrogens with one attached hydrogen (secondary N) is 1. The van der Waals surface area contributed by atoms with Crippen LogP contribution in [0.5, 0.6) is 0 Å². The summed E-state index contributed by atoms with van der Waals surface area (Å²) >= 11 is 0. The SMILES string of the molecule is CC(C)C(=O)N1CCCC(C(=O)N(C)Cc2ncc[nH]2)C1. The topological polar surface area (TPSA) is 69.3 Å². The van der Waals surface area contributed by atoms with Gasteiger partial charge in [-0.05, 0) is 12.8 Å². The van der Waals surface area contributed by atoms with Crippen molar-refractivity contribution in [2.45, 2.75) is 33.2 Å². The zero-order valence-corrected chi connectivity index (χ0v) is 13.0. The summed E-state index contributed by atoms with van der Waals surface area (Å²) in [5, 5.41) is 0. The average molecular weight is 292 g/mol. The van der Waals surface area contributed by atoms with Gasteiger partial charge in [0, 0.05) is 38.4 Å². The summed E-state index contributed by atoms with van der Waals surface area (Å²) in [6.07, 6.45) is 5.17. The second-order valence-electron chi connectivity index (χ2n) is 6.01. The van der Waals surface area contributed by atoms with Crippen molar-refractivity contribution in [2.75, 3.05) is 20.1 Å². The van der Waals surface area contributed by atoms with Gasteiger partial charge in [-0.15, -0.1) is 0 Å². The number of piperidine rings is 1. The molecule has 6 heteroatoms. The van der Waals surface area contributed by atoms with E-state index in [1.165, 1.54) is 0 Å². The van der Waals surface area contributed by atoms with Gasteiger partial charge in [0.1, 0.15) is 5.82 Å². The van der Waals surface area contributed by atoms with Gasteiger partial charge in [-0.3, -0.25) is 9.59 Å². The van der Waals surface area contributed by atoms with E-state index in [4.69, 9.17) is 0 Å². The van der Waals surface area contributed by atoms with Gasteiger partial charge in [-0.2, -0.15) is 0 Å². The zero-order valence-electron chi connectivity index (χ0n) is 13.0. The van der Waals surface area contributed by atoms with E-state index in [1.54, 1.807) is 24.3 Å². The molecule has 0 spiro atoms. The van der Waals surface area contributed by atoms with Crippen LogP contribution in [0.2, 0.25) is 0 Å². The number of hydrogen-bond donors (Lipinski definition) is 1. The van der Waals surface area contributed by atoms with Crippen LogP contribution in [-0.4, -0.2) is 51.7 Å². The third-order valence-electron chi connectivity index (χ3n) is 3.89. The van der Waals surface area contributed by atoms with Crippen LogP contribution >= 0.6 is 0 Å². The van der Waals surface area contributed by atoms with Crippen LogP contribution in [0.15, 0.2) is 12.4 Å². The molecule has 1 atom stereocenters. The molecule has 1 N–H and O–H groups in total. The smallest absolute Gasteiger partial charge is 0.227 e. The summed E-state index contributed by atoms with van der Waals surface area (Å²) in [6, 6.07) is 0. The highest BCUT2D eigenvalue weighted by molar-refractivity contribution is 5.82. The number of nitrogens with zero attached hydrogens (tertiary/aromatic N) is 3. The van der Waals surface area contributed by atoms with Gasteiger partial charge in [0.25, 0.3) is 0 Å². The quantitative estimate of drug-likeness (QED) is 0.908. The van der Waals surface area contributed by atoms with E-state index in [-0.39, 0.29) is 23.7 Å². The van der Waals surface area contributed by atoms with Gasteiger partial charge in [-0.1, -0.05) is 13.8 Å². The fourth-order valence-electron chi connectivity index (χ4n) is 2.74. The van der Waals surface area contributed by atoms with Crippen molar-refractivity contribution in [3.63, 3.8) is 0 Å². The normalized spacial score (nSPS) is 18.9. The number of aromatic nitrogens is 2. The third-order valence-corrected chi connectivity index (χ3v) is 3.89. The first-order valence-corrected chi connectivity index (χ1v) is 7.51. The largest absolute Gasteiger partial charge is 0.347 e. The van der Waals surface area contributed by atoms with Gasteiger partial charge in [-0.25, -0.2) is 4.98 Å². The molecule has 1 aromatic rings. The van der Waals surface area contributed by atoms with E-state index in [0.29, 0.717) is 13.1 Å². The number of amides is 2. The zero-order chi connectivity index (χ0) is 15.4. The van der Waals surface area contributed by atoms with Crippen molar-refractivity contribution >= 4 is 11.8 Å². The summed E-state index contributed by atoms with van der Waals surface area (Å²) in [7, 11) is 1.79. The van der Waals surface area contributed by atoms with Crippen molar-refractivity contribution in [1.82, 2.24) is 19.8 Å². The van der Waals surface area contributed by atoms with Crippen LogP contribution in [0.1, 0.15) is 32.5 Å². The number of likely N-dealkylation sites (tertiary alicyclic amines) is 1. The number of H-pyrrole nitrogens is 1. The van der Waals surface area contributed by atoms with Gasteiger partial charge in [0.15, 0.2) is 0 Å². The van der Waals surface area contributed by atoms with E-state index in [0.717, 1.165) is 25.2 Å². The molecule has 0 bridgehead atoms. The Bertz CT molecular complexity index is 484. The first-order chi connectivity index (χ1) is 9.99. The molecule has 2 amide bonds. The molecule has 0 radical (unpaired) electrons. The Morgan fingerprint density at radius 2 is 2.29 bits per heavy atom. The minimum Gasteiger partial charge on any atom is -0.347 e. The average Bonchev–Trinajstić information content (AvgIpc) is 2.98. The van der Waals surface area contributed by atoms with Crippen molar-refractivity contribution in [2.24, 2.45) is 11.8 Å². The summed E-state index contributed by atoms with van der Waals surface area (Å²) in [5.74, 6) is 0.895. The molecule has 1 fully saturated rings. The maximum Gasteiger partial charge on any atom is 0.227 e. The molecular weight excluding hydrogens is 268 g/mol. The number of imidazole rings is 1. The van der Waals surface area contributed by atoms with E-state index in [9.17, 15) is 9.59 Å². The molecule has 0 saturated carbocycles. The molecule has 0 aliphatic carbocycles. The molecular formula is C15H24N4O2. The highest BCUT2D eigenvalue weighted by Crippen LogP contribution is 2.20. The molecule has 21 heavy (non-hydrogen) atoms. The van der Waals surface area contributed by atoms with E-state index < -0.39 is 0 Å². The second-order valence-corrected chi connectivity index (χ2v) is 6.01. The Morgan fingerprint density at radius 3 is 2.90 bits per heavy atom. The Morgan fingerprint density at radius 1 is 1.52 bits per heavy atom. The Balaban J connectivity index is 1.93. The van der Waals surface area contributed by atoms with Gasteiger partial charge in [0.2, 0.25) is 11.8 Å². The first-order valence-electron chi connectivity index (χ1n) is 7.51. The van der Waals surface area contributed by atoms with Crippen LogP contribution in [-0.2, 0) is 16.1 Å². The van der Waals surface area contributed by atoms with Gasteiger partial charge in [0.05, 0.1) is 12.5 Å². The molecule has 116 valence electrons. The number of aromatic amines is 1. The highest BCUT2D eigenvalue weighted by atomic mass is 16.2. The van der Waals surface area contributed by atoms with Crippen molar-refractivity contribution in [3.8, 4) is 0 Å². The predicted molar refractivity (Wildman–Crippen MR) is 79.2 cm³/mol. The number of carbonyl (C=O) groups excluding carboxylic acids is 2. The molecule has 1 saturated heterocycles. The Kier molecular flexibility index (Phi) is 4.98. The van der Waals surface area contributed by atoms with Crippen LogP contribution in [0.25, 0.3) is 0 Å². The Labute approximate surface area is 125 Å². The molecule has 1 aliphatic rings. The minimum absolute atomic E-state index is 0.0142. The van der Waals surface area contributed by atoms with Crippen molar-refractivity contribution in [1.29, 1.82) is 0 Å². The highest BCUT2D eigenvalue weighted by Gasteiger charge is 2.30. The Hall–Kier alpha value is -1.85. The first kappa shape index (κ1) is 15.5. The molecule has 1 aromatic heterocycles. The number of carbonyl (C=O) groups is 2. The van der Waals surface area contributed by atoms with Gasteiger partial charge < -0.3 is 14.8 Å². The summed E-state index contributed by atoms with van der Waals surface area (Å²) in [6.45, 7) is 5.58. The van der Waals surface area contributed by atoms with Crippen LogP contribution < -0.4 is 0 Å². The van der Waals surface area contributed by atoms with Crippen LogP contribution in [0, 0.1) is 11.8 Å². The van der Waals surface area contributed by atoms with E-state index in [2.05, 4.69) is 9.97 Å². The fraction of sp³-hybridized carbons (Fsp3) is 0.667. The standard InChI is InChI=1S/C15H24N4O2/c1-11(2)14(20)19-8-4-5-12(9-19)15(21)18(3)10-13-16-6-7-17-13/h6-7,11-12H,4-5,8-10H2,1-3H3,(H,16,17). The summed E-state index contributed by atoms with van der Waals surface area (Å²) in [5.41, 5.74) is 0. The van der Waals surface area contributed by atoms with Crippen LogP contribution in [0.3, 0.4) is 0 Å². The lowest BCUT2D eigenvalue weighted by atomic mass is 9.95. The summed E-state index contributed by atoms with van der Waals surface area (Å²) < 4.78 is 0. The van der Waals surface area contributed by atoms with Crippen molar-refractivity contribution in [3.05, 3.63) is 18.2 Å². The lowest BCUT2D eigenvalue weighted by molar-refractivity contribution is -0.142. The maximum absolute atomic E-state index is 12.5. The number of hydrogen-bond acceptors (Lipinski definition) is 3. The molecule has 2 rings (SSSR count). The predicted octanol–water partition coefficient (Wildman–Crippen LogP) is 1.26. The monoisotopic (exact) mass is 292 g/mol.